The number of fused-ring (bicyclic) bond motifs is 1. The van der Waals surface area contributed by atoms with Gasteiger partial charge in [-0.15, -0.1) is 0 Å². The Morgan fingerprint density at radius 3 is 3.00 bits per heavy atom. The Morgan fingerprint density at radius 2 is 2.29 bits per heavy atom. The summed E-state index contributed by atoms with van der Waals surface area (Å²) in [5.41, 5.74) is 7.00. The number of benzene rings is 1. The van der Waals surface area contributed by atoms with Crippen molar-refractivity contribution in [2.24, 2.45) is 5.73 Å². The smallest absolute Gasteiger partial charge is 0.178 e. The number of hydrogen-bond acceptors (Lipinski definition) is 2. The molecule has 1 heterocycles. The molecular formula is C9H9BrFN3. The molecule has 0 fully saturated rings. The van der Waals surface area contributed by atoms with Crippen molar-refractivity contribution < 1.29 is 4.39 Å². The first-order valence-corrected chi connectivity index (χ1v) is 5.03. The summed E-state index contributed by atoms with van der Waals surface area (Å²) in [6.45, 7) is 1.20. The fourth-order valence-electron chi connectivity index (χ4n) is 1.42. The van der Waals surface area contributed by atoms with Gasteiger partial charge >= 0.3 is 0 Å². The number of nitrogens with two attached hydrogens (primary N) is 1. The molecule has 2 N–H and O–H groups in total. The Kier molecular flexibility index (Phi) is 2.52. The molecule has 0 aliphatic carbocycles. The van der Waals surface area contributed by atoms with Crippen LogP contribution in [0.3, 0.4) is 0 Å². The molecule has 3 nitrogen and oxygen atoms in total. The molecule has 0 unspecified atom stereocenters. The van der Waals surface area contributed by atoms with Gasteiger partial charge in [-0.3, -0.25) is 0 Å². The molecule has 0 saturated carbocycles. The average Bonchev–Trinajstić information content (AvgIpc) is 2.43. The topological polar surface area (TPSA) is 43.8 Å². The number of halogens is 2. The first-order valence-electron chi connectivity index (χ1n) is 4.23. The van der Waals surface area contributed by atoms with Crippen LogP contribution in [0.5, 0.6) is 0 Å². The number of hydrogen-bond donors (Lipinski definition) is 1. The summed E-state index contributed by atoms with van der Waals surface area (Å²) in [6.07, 6.45) is 0. The van der Waals surface area contributed by atoms with E-state index in [-0.39, 0.29) is 5.82 Å². The Bertz CT molecular complexity index is 466. The highest BCUT2D eigenvalue weighted by molar-refractivity contribution is 9.10. The molecule has 5 heteroatoms. The highest BCUT2D eigenvalue weighted by Gasteiger charge is 2.07. The summed E-state index contributed by atoms with van der Waals surface area (Å²) in [5, 5.41) is 0. The number of imidazole rings is 1. The largest absolute Gasteiger partial charge is 0.329 e. The van der Waals surface area contributed by atoms with Crippen molar-refractivity contribution in [1.29, 1.82) is 0 Å². The molecule has 0 aliphatic rings. The van der Waals surface area contributed by atoms with E-state index in [1.807, 2.05) is 4.57 Å². The minimum Gasteiger partial charge on any atom is -0.329 e. The highest BCUT2D eigenvalue weighted by atomic mass is 79.9. The van der Waals surface area contributed by atoms with Gasteiger partial charge in [-0.2, -0.15) is 0 Å². The van der Waals surface area contributed by atoms with Crippen LogP contribution in [-0.4, -0.2) is 16.1 Å². The van der Waals surface area contributed by atoms with E-state index in [0.717, 1.165) is 5.52 Å². The van der Waals surface area contributed by atoms with Crippen molar-refractivity contribution in [2.45, 2.75) is 6.54 Å². The molecule has 74 valence electrons. The summed E-state index contributed by atoms with van der Waals surface area (Å²) < 4.78 is 15.5. The fraction of sp³-hybridized carbons (Fsp3) is 0.222. The molecule has 0 amide bonds. The molecule has 0 bridgehead atoms. The van der Waals surface area contributed by atoms with Gasteiger partial charge in [-0.25, -0.2) is 9.37 Å². The molecule has 0 saturated heterocycles. The van der Waals surface area contributed by atoms with Gasteiger partial charge in [-0.1, -0.05) is 0 Å². The molecule has 0 aliphatic heterocycles. The minimum atomic E-state index is -0.276. The maximum atomic E-state index is 12.9. The first kappa shape index (κ1) is 9.61. The quantitative estimate of drug-likeness (QED) is 0.893. The SMILES string of the molecule is NCCn1c(Br)nc2cc(F)ccc21. The Balaban J connectivity index is 2.64. The van der Waals surface area contributed by atoms with E-state index in [2.05, 4.69) is 20.9 Å². The van der Waals surface area contributed by atoms with Crippen LogP contribution >= 0.6 is 15.9 Å². The lowest BCUT2D eigenvalue weighted by molar-refractivity contribution is 0.629. The second-order valence-corrected chi connectivity index (χ2v) is 3.66. The molecular weight excluding hydrogens is 249 g/mol. The van der Waals surface area contributed by atoms with Gasteiger partial charge in [0.05, 0.1) is 11.0 Å². The van der Waals surface area contributed by atoms with Gasteiger partial charge in [0.1, 0.15) is 5.82 Å². The summed E-state index contributed by atoms with van der Waals surface area (Å²) in [4.78, 5) is 4.18. The first-order chi connectivity index (χ1) is 6.72. The molecule has 2 rings (SSSR count). The van der Waals surface area contributed by atoms with Crippen LogP contribution in [0.25, 0.3) is 11.0 Å². The number of aromatic nitrogens is 2. The van der Waals surface area contributed by atoms with E-state index in [4.69, 9.17) is 5.73 Å². The summed E-state index contributed by atoms with van der Waals surface area (Å²) in [7, 11) is 0. The Labute approximate surface area is 88.9 Å². The van der Waals surface area contributed by atoms with E-state index in [1.165, 1.54) is 12.1 Å². The number of rotatable bonds is 2. The molecule has 0 spiro atoms. The average molecular weight is 258 g/mol. The normalized spacial score (nSPS) is 11.1. The van der Waals surface area contributed by atoms with Crippen LogP contribution < -0.4 is 5.73 Å². The van der Waals surface area contributed by atoms with Crippen LogP contribution in [0.1, 0.15) is 0 Å². The van der Waals surface area contributed by atoms with Gasteiger partial charge in [0.25, 0.3) is 0 Å². The predicted molar refractivity (Wildman–Crippen MR) is 56.4 cm³/mol. The van der Waals surface area contributed by atoms with Crippen LogP contribution in [0.2, 0.25) is 0 Å². The maximum absolute atomic E-state index is 12.9. The van der Waals surface area contributed by atoms with Gasteiger partial charge in [-0.05, 0) is 28.1 Å². The lowest BCUT2D eigenvalue weighted by Crippen LogP contribution is -2.09. The zero-order chi connectivity index (χ0) is 10.1. The van der Waals surface area contributed by atoms with Crippen LogP contribution in [0.15, 0.2) is 22.9 Å². The second kappa shape index (κ2) is 3.67. The van der Waals surface area contributed by atoms with E-state index in [1.54, 1.807) is 6.07 Å². The predicted octanol–water partition coefficient (Wildman–Crippen LogP) is 1.90. The molecule has 0 atom stereocenters. The second-order valence-electron chi connectivity index (χ2n) is 2.95. The third-order valence-electron chi connectivity index (χ3n) is 2.02. The lowest BCUT2D eigenvalue weighted by Gasteiger charge is -2.02. The fourth-order valence-corrected chi connectivity index (χ4v) is 1.97. The van der Waals surface area contributed by atoms with Crippen molar-refractivity contribution in [3.05, 3.63) is 28.7 Å². The molecule has 1 aromatic heterocycles. The highest BCUT2D eigenvalue weighted by Crippen LogP contribution is 2.20. The van der Waals surface area contributed by atoms with Gasteiger partial charge < -0.3 is 10.3 Å². The standard InChI is InChI=1S/C9H9BrFN3/c10-9-13-7-5-6(11)1-2-8(7)14(9)4-3-12/h1-2,5H,3-4,12H2. The van der Waals surface area contributed by atoms with Crippen molar-refractivity contribution in [3.8, 4) is 0 Å². The van der Waals surface area contributed by atoms with E-state index in [9.17, 15) is 4.39 Å². The van der Waals surface area contributed by atoms with Crippen molar-refractivity contribution in [3.63, 3.8) is 0 Å². The van der Waals surface area contributed by atoms with Gasteiger partial charge in [0, 0.05) is 19.2 Å². The van der Waals surface area contributed by atoms with Gasteiger partial charge in [0.2, 0.25) is 0 Å². The van der Waals surface area contributed by atoms with Crippen molar-refractivity contribution >= 4 is 27.0 Å². The van der Waals surface area contributed by atoms with Crippen LogP contribution in [0.4, 0.5) is 4.39 Å². The Hall–Kier alpha value is -0.940. The molecule has 0 radical (unpaired) electrons. The summed E-state index contributed by atoms with van der Waals surface area (Å²) in [5.74, 6) is -0.276. The summed E-state index contributed by atoms with van der Waals surface area (Å²) >= 11 is 3.31. The van der Waals surface area contributed by atoms with Crippen LogP contribution in [-0.2, 0) is 6.54 Å². The Morgan fingerprint density at radius 1 is 1.50 bits per heavy atom. The zero-order valence-corrected chi connectivity index (χ0v) is 8.96. The molecule has 1 aromatic carbocycles. The summed E-state index contributed by atoms with van der Waals surface area (Å²) in [6, 6.07) is 4.54. The lowest BCUT2D eigenvalue weighted by atomic mass is 10.3. The monoisotopic (exact) mass is 257 g/mol. The third kappa shape index (κ3) is 1.53. The zero-order valence-electron chi connectivity index (χ0n) is 7.37. The number of nitrogens with zero attached hydrogens (tertiary/aromatic N) is 2. The maximum Gasteiger partial charge on any atom is 0.178 e. The van der Waals surface area contributed by atoms with Gasteiger partial charge in [0.15, 0.2) is 4.73 Å². The van der Waals surface area contributed by atoms with Crippen LogP contribution in [0, 0.1) is 5.82 Å². The minimum absolute atomic E-state index is 0.276. The molecule has 2 aromatic rings. The van der Waals surface area contributed by atoms with E-state index in [0.29, 0.717) is 23.3 Å². The third-order valence-corrected chi connectivity index (χ3v) is 2.62. The van der Waals surface area contributed by atoms with Crippen molar-refractivity contribution in [2.75, 3.05) is 6.54 Å². The van der Waals surface area contributed by atoms with E-state index < -0.39 is 0 Å². The van der Waals surface area contributed by atoms with E-state index >= 15 is 0 Å². The molecule has 14 heavy (non-hydrogen) atoms. The van der Waals surface area contributed by atoms with Crippen molar-refractivity contribution in [1.82, 2.24) is 9.55 Å².